The van der Waals surface area contributed by atoms with Crippen molar-refractivity contribution >= 4 is 33.5 Å². The normalized spacial score (nSPS) is 12.0. The summed E-state index contributed by atoms with van der Waals surface area (Å²) in [6.45, 7) is 2.11. The molecule has 0 spiro atoms. The second-order valence-electron chi connectivity index (χ2n) is 3.21. The van der Waals surface area contributed by atoms with Crippen LogP contribution in [0.25, 0.3) is 0 Å². The first-order chi connectivity index (χ1) is 7.54. The molecule has 16 heavy (non-hydrogen) atoms. The zero-order chi connectivity index (χ0) is 12.1. The van der Waals surface area contributed by atoms with Crippen LogP contribution in [0.1, 0.15) is 5.56 Å². The molecule has 1 aromatic carbocycles. The van der Waals surface area contributed by atoms with E-state index in [4.69, 9.17) is 16.3 Å². The Morgan fingerprint density at radius 1 is 1.56 bits per heavy atom. The number of aryl methyl sites for hydroxylation is 1. The standard InChI is InChI=1S/C11H12BrClO3/c1-7-5-8(3-4-10(7)13)16-6-9(12)11(14)15-2/h3-5,9H,6H2,1-2H3. The van der Waals surface area contributed by atoms with E-state index in [-0.39, 0.29) is 12.6 Å². The van der Waals surface area contributed by atoms with Crippen molar-refractivity contribution in [1.82, 2.24) is 0 Å². The summed E-state index contributed by atoms with van der Waals surface area (Å²) in [5, 5.41) is 0.690. The first-order valence-corrected chi connectivity index (χ1v) is 5.95. The third-order valence-corrected chi connectivity index (χ3v) is 3.04. The summed E-state index contributed by atoms with van der Waals surface area (Å²) in [6, 6.07) is 5.33. The van der Waals surface area contributed by atoms with Crippen molar-refractivity contribution in [2.45, 2.75) is 11.8 Å². The lowest BCUT2D eigenvalue weighted by Gasteiger charge is -2.10. The molecule has 0 heterocycles. The van der Waals surface area contributed by atoms with Crippen molar-refractivity contribution in [3.63, 3.8) is 0 Å². The van der Waals surface area contributed by atoms with Crippen LogP contribution in [0.5, 0.6) is 5.75 Å². The van der Waals surface area contributed by atoms with Gasteiger partial charge in [-0.3, -0.25) is 4.79 Å². The van der Waals surface area contributed by atoms with Crippen molar-refractivity contribution in [1.29, 1.82) is 0 Å². The summed E-state index contributed by atoms with van der Waals surface area (Å²) in [7, 11) is 1.34. The molecule has 0 aliphatic heterocycles. The second-order valence-corrected chi connectivity index (χ2v) is 4.73. The van der Waals surface area contributed by atoms with Crippen molar-refractivity contribution in [2.24, 2.45) is 0 Å². The quantitative estimate of drug-likeness (QED) is 0.634. The van der Waals surface area contributed by atoms with E-state index in [0.717, 1.165) is 5.56 Å². The number of benzene rings is 1. The number of ether oxygens (including phenoxy) is 2. The fourth-order valence-corrected chi connectivity index (χ4v) is 1.51. The van der Waals surface area contributed by atoms with Crippen LogP contribution >= 0.6 is 27.5 Å². The van der Waals surface area contributed by atoms with Crippen molar-refractivity contribution in [2.75, 3.05) is 13.7 Å². The van der Waals surface area contributed by atoms with E-state index in [9.17, 15) is 4.79 Å². The van der Waals surface area contributed by atoms with Crippen molar-refractivity contribution in [3.8, 4) is 5.75 Å². The monoisotopic (exact) mass is 306 g/mol. The molecule has 0 aromatic heterocycles. The lowest BCUT2D eigenvalue weighted by atomic mass is 10.2. The number of carbonyl (C=O) groups is 1. The van der Waals surface area contributed by atoms with Crippen molar-refractivity contribution in [3.05, 3.63) is 28.8 Å². The molecule has 1 aromatic rings. The molecule has 0 aliphatic rings. The molecular weight excluding hydrogens is 295 g/mol. The highest BCUT2D eigenvalue weighted by molar-refractivity contribution is 9.10. The lowest BCUT2D eigenvalue weighted by Crippen LogP contribution is -2.22. The molecule has 0 fully saturated rings. The molecule has 1 rings (SSSR count). The van der Waals surface area contributed by atoms with Gasteiger partial charge in [0, 0.05) is 5.02 Å². The van der Waals surface area contributed by atoms with Crippen LogP contribution in [0.15, 0.2) is 18.2 Å². The van der Waals surface area contributed by atoms with Crippen LogP contribution in [0.3, 0.4) is 0 Å². The number of methoxy groups -OCH3 is 1. The molecule has 0 amide bonds. The van der Waals surface area contributed by atoms with Gasteiger partial charge in [0.05, 0.1) is 7.11 Å². The van der Waals surface area contributed by atoms with E-state index in [1.54, 1.807) is 12.1 Å². The van der Waals surface area contributed by atoms with Gasteiger partial charge in [0.1, 0.15) is 17.2 Å². The van der Waals surface area contributed by atoms with Crippen LogP contribution < -0.4 is 4.74 Å². The van der Waals surface area contributed by atoms with Gasteiger partial charge in [-0.15, -0.1) is 0 Å². The summed E-state index contributed by atoms with van der Waals surface area (Å²) in [4.78, 5) is 10.6. The molecular formula is C11H12BrClO3. The first-order valence-electron chi connectivity index (χ1n) is 4.65. The van der Waals surface area contributed by atoms with E-state index < -0.39 is 4.83 Å². The van der Waals surface area contributed by atoms with E-state index in [0.29, 0.717) is 10.8 Å². The molecule has 5 heteroatoms. The summed E-state index contributed by atoms with van der Waals surface area (Å²) in [5.74, 6) is 0.320. The second kappa shape index (κ2) is 6.11. The average Bonchev–Trinajstić information content (AvgIpc) is 2.29. The lowest BCUT2D eigenvalue weighted by molar-refractivity contribution is -0.140. The summed E-state index contributed by atoms with van der Waals surface area (Å²) in [6.07, 6.45) is 0. The number of rotatable bonds is 4. The number of alkyl halides is 1. The van der Waals surface area contributed by atoms with Gasteiger partial charge in [0.15, 0.2) is 0 Å². The Kier molecular flexibility index (Phi) is 5.09. The molecule has 0 aliphatic carbocycles. The van der Waals surface area contributed by atoms with Gasteiger partial charge in [-0.1, -0.05) is 27.5 Å². The Balaban J connectivity index is 2.55. The predicted octanol–water partition coefficient (Wildman–Crippen LogP) is 2.96. The third-order valence-electron chi connectivity index (χ3n) is 1.98. The highest BCUT2D eigenvalue weighted by atomic mass is 79.9. The van der Waals surface area contributed by atoms with Crippen LogP contribution in [0, 0.1) is 6.92 Å². The Hall–Kier alpha value is -0.740. The van der Waals surface area contributed by atoms with Gasteiger partial charge in [-0.2, -0.15) is 0 Å². The Bertz CT molecular complexity index is 381. The third kappa shape index (κ3) is 3.68. The maximum absolute atomic E-state index is 11.1. The Morgan fingerprint density at radius 2 is 2.25 bits per heavy atom. The Morgan fingerprint density at radius 3 is 2.81 bits per heavy atom. The van der Waals surface area contributed by atoms with Gasteiger partial charge in [0.25, 0.3) is 0 Å². The molecule has 0 bridgehead atoms. The fraction of sp³-hybridized carbons (Fsp3) is 0.364. The van der Waals surface area contributed by atoms with Crippen LogP contribution in [0.4, 0.5) is 0 Å². The molecule has 0 N–H and O–H groups in total. The van der Waals surface area contributed by atoms with E-state index in [1.165, 1.54) is 7.11 Å². The van der Waals surface area contributed by atoms with Crippen LogP contribution in [0.2, 0.25) is 5.02 Å². The largest absolute Gasteiger partial charge is 0.492 e. The molecule has 0 saturated heterocycles. The molecule has 1 atom stereocenters. The zero-order valence-corrected chi connectivity index (χ0v) is 11.3. The minimum atomic E-state index is -0.464. The summed E-state index contributed by atoms with van der Waals surface area (Å²) < 4.78 is 9.98. The van der Waals surface area contributed by atoms with Crippen molar-refractivity contribution < 1.29 is 14.3 Å². The molecule has 0 saturated carbocycles. The average molecular weight is 308 g/mol. The highest BCUT2D eigenvalue weighted by Crippen LogP contribution is 2.21. The predicted molar refractivity (Wildman–Crippen MR) is 66.4 cm³/mol. The topological polar surface area (TPSA) is 35.5 Å². The number of hydrogen-bond acceptors (Lipinski definition) is 3. The van der Waals surface area contributed by atoms with E-state index in [2.05, 4.69) is 20.7 Å². The number of carbonyl (C=O) groups excluding carboxylic acids is 1. The minimum absolute atomic E-state index is 0.216. The van der Waals surface area contributed by atoms with Gasteiger partial charge in [-0.05, 0) is 30.7 Å². The van der Waals surface area contributed by atoms with Gasteiger partial charge in [-0.25, -0.2) is 0 Å². The SMILES string of the molecule is COC(=O)C(Br)COc1ccc(Cl)c(C)c1. The highest BCUT2D eigenvalue weighted by Gasteiger charge is 2.15. The zero-order valence-electron chi connectivity index (χ0n) is 9.00. The summed E-state index contributed by atoms with van der Waals surface area (Å²) >= 11 is 9.05. The van der Waals surface area contributed by atoms with Gasteiger partial charge in [0.2, 0.25) is 0 Å². The maximum atomic E-state index is 11.1. The minimum Gasteiger partial charge on any atom is -0.492 e. The molecule has 88 valence electrons. The Labute approximate surface area is 108 Å². The van der Waals surface area contributed by atoms with Crippen LogP contribution in [-0.2, 0) is 9.53 Å². The number of esters is 1. The molecule has 1 unspecified atom stereocenters. The maximum Gasteiger partial charge on any atom is 0.322 e. The summed E-state index contributed by atoms with van der Waals surface area (Å²) in [5.41, 5.74) is 0.934. The number of hydrogen-bond donors (Lipinski definition) is 0. The smallest absolute Gasteiger partial charge is 0.322 e. The van der Waals surface area contributed by atoms with E-state index in [1.807, 2.05) is 13.0 Å². The van der Waals surface area contributed by atoms with E-state index >= 15 is 0 Å². The molecule has 3 nitrogen and oxygen atoms in total. The van der Waals surface area contributed by atoms with Gasteiger partial charge < -0.3 is 9.47 Å². The fourth-order valence-electron chi connectivity index (χ4n) is 1.07. The molecule has 0 radical (unpaired) electrons. The first kappa shape index (κ1) is 13.3. The number of halogens is 2. The van der Waals surface area contributed by atoms with Gasteiger partial charge >= 0.3 is 5.97 Å². The van der Waals surface area contributed by atoms with Crippen LogP contribution in [-0.4, -0.2) is 24.5 Å².